The van der Waals surface area contributed by atoms with Gasteiger partial charge in [-0.25, -0.2) is 4.79 Å². The second-order valence-corrected chi connectivity index (χ2v) is 5.89. The Hall–Kier alpha value is -3.07. The molecule has 0 bridgehead atoms. The Morgan fingerprint density at radius 2 is 2.00 bits per heavy atom. The number of rotatable bonds is 6. The summed E-state index contributed by atoms with van der Waals surface area (Å²) < 4.78 is 22.2. The van der Waals surface area contributed by atoms with Crippen LogP contribution in [0.4, 0.5) is 0 Å². The minimum Gasteiger partial charge on any atom is -0.493 e. The first-order valence-corrected chi connectivity index (χ1v) is 8.23. The molecule has 2 aromatic heterocycles. The molecule has 0 saturated carbocycles. The molecule has 0 radical (unpaired) electrons. The second kappa shape index (κ2) is 7.67. The molecule has 27 heavy (non-hydrogen) atoms. The van der Waals surface area contributed by atoms with Crippen LogP contribution < -0.4 is 9.47 Å². The molecular weight excluding hydrogens is 376 g/mol. The molecule has 1 aromatic carbocycles. The zero-order valence-electron chi connectivity index (χ0n) is 15.1. The maximum atomic E-state index is 12.2. The molecule has 0 N–H and O–H groups in total. The van der Waals surface area contributed by atoms with Gasteiger partial charge in [0.05, 0.1) is 19.9 Å². The Balaban J connectivity index is 1.72. The average molecular weight is 393 g/mol. The lowest BCUT2D eigenvalue weighted by molar-refractivity contribution is 0.0429. The van der Waals surface area contributed by atoms with Gasteiger partial charge in [0.15, 0.2) is 18.1 Å². The molecule has 0 fully saturated rings. The molecule has 0 saturated heterocycles. The summed E-state index contributed by atoms with van der Waals surface area (Å²) in [5.74, 6) is 0.983. The maximum absolute atomic E-state index is 12.2. The van der Waals surface area contributed by atoms with E-state index in [1.165, 1.54) is 11.8 Å². The minimum absolute atomic E-state index is 0.144. The van der Waals surface area contributed by atoms with Crippen LogP contribution in [0.15, 0.2) is 22.7 Å². The molecule has 2 heterocycles. The van der Waals surface area contributed by atoms with E-state index in [-0.39, 0.29) is 23.2 Å². The summed E-state index contributed by atoms with van der Waals surface area (Å²) in [6.07, 6.45) is 0. The fourth-order valence-electron chi connectivity index (χ4n) is 2.47. The molecular formula is C17H17ClN4O5. The summed E-state index contributed by atoms with van der Waals surface area (Å²) >= 11 is 6.05. The molecule has 0 amide bonds. The highest BCUT2D eigenvalue weighted by Crippen LogP contribution is 2.31. The highest BCUT2D eigenvalue weighted by atomic mass is 35.5. The summed E-state index contributed by atoms with van der Waals surface area (Å²) in [6.45, 7) is 1.48. The summed E-state index contributed by atoms with van der Waals surface area (Å²) in [4.78, 5) is 16.4. The van der Waals surface area contributed by atoms with Gasteiger partial charge >= 0.3 is 5.97 Å². The van der Waals surface area contributed by atoms with E-state index in [1.807, 2.05) is 0 Å². The van der Waals surface area contributed by atoms with E-state index in [0.29, 0.717) is 28.6 Å². The van der Waals surface area contributed by atoms with Gasteiger partial charge in [-0.2, -0.15) is 10.1 Å². The number of nitrogens with zero attached hydrogens (tertiary/aromatic N) is 4. The Morgan fingerprint density at radius 1 is 1.26 bits per heavy atom. The molecule has 9 nitrogen and oxygen atoms in total. The molecule has 10 heteroatoms. The van der Waals surface area contributed by atoms with Crippen molar-refractivity contribution in [2.45, 2.75) is 13.5 Å². The normalized spacial score (nSPS) is 10.7. The zero-order valence-corrected chi connectivity index (χ0v) is 15.9. The van der Waals surface area contributed by atoms with Crippen LogP contribution in [0.5, 0.6) is 11.5 Å². The predicted molar refractivity (Wildman–Crippen MR) is 94.9 cm³/mol. The van der Waals surface area contributed by atoms with Crippen LogP contribution in [-0.4, -0.2) is 40.1 Å². The Kier molecular flexibility index (Phi) is 5.31. The number of ether oxygens (including phenoxy) is 3. The highest BCUT2D eigenvalue weighted by Gasteiger charge is 2.21. The first-order valence-electron chi connectivity index (χ1n) is 7.85. The fraction of sp³-hybridized carbons (Fsp3) is 0.294. The SMILES string of the molecule is COc1ccc(-c2noc(COC(=O)c3c(C)nn(C)c3Cl)n2)cc1OC. The number of carbonyl (C=O) groups excluding carboxylic acids is 1. The van der Waals surface area contributed by atoms with Crippen LogP contribution in [0, 0.1) is 6.92 Å². The standard InChI is InChI=1S/C17H17ClN4O5/c1-9-14(15(18)22(2)20-9)17(23)26-8-13-19-16(21-27-13)10-5-6-11(24-3)12(7-10)25-4/h5-7H,8H2,1-4H3. The van der Waals surface area contributed by atoms with E-state index < -0.39 is 5.97 Å². The van der Waals surface area contributed by atoms with Crippen molar-refractivity contribution in [1.82, 2.24) is 19.9 Å². The number of benzene rings is 1. The van der Waals surface area contributed by atoms with E-state index in [4.69, 9.17) is 30.3 Å². The third-order valence-corrected chi connectivity index (χ3v) is 4.23. The van der Waals surface area contributed by atoms with Crippen molar-refractivity contribution in [2.24, 2.45) is 7.05 Å². The van der Waals surface area contributed by atoms with Gasteiger partial charge in [0.2, 0.25) is 5.82 Å². The van der Waals surface area contributed by atoms with E-state index in [0.717, 1.165) is 0 Å². The van der Waals surface area contributed by atoms with E-state index in [9.17, 15) is 4.79 Å². The number of aryl methyl sites for hydroxylation is 2. The molecule has 0 spiro atoms. The number of methoxy groups -OCH3 is 2. The van der Waals surface area contributed by atoms with Crippen LogP contribution in [-0.2, 0) is 18.4 Å². The van der Waals surface area contributed by atoms with Crippen LogP contribution in [0.25, 0.3) is 11.4 Å². The van der Waals surface area contributed by atoms with Gasteiger partial charge in [0, 0.05) is 12.6 Å². The Morgan fingerprint density at radius 3 is 2.63 bits per heavy atom. The number of hydrogen-bond acceptors (Lipinski definition) is 8. The zero-order chi connectivity index (χ0) is 19.6. The number of carbonyl (C=O) groups is 1. The molecule has 3 aromatic rings. The van der Waals surface area contributed by atoms with Gasteiger partial charge in [0.1, 0.15) is 10.7 Å². The molecule has 0 aliphatic carbocycles. The summed E-state index contributed by atoms with van der Waals surface area (Å²) in [5.41, 5.74) is 1.35. The van der Waals surface area contributed by atoms with E-state index >= 15 is 0 Å². The van der Waals surface area contributed by atoms with Crippen LogP contribution >= 0.6 is 11.6 Å². The van der Waals surface area contributed by atoms with Gasteiger partial charge in [-0.05, 0) is 25.1 Å². The van der Waals surface area contributed by atoms with Gasteiger partial charge < -0.3 is 18.7 Å². The van der Waals surface area contributed by atoms with Crippen molar-refractivity contribution >= 4 is 17.6 Å². The lowest BCUT2D eigenvalue weighted by Gasteiger charge is -2.07. The second-order valence-electron chi connectivity index (χ2n) is 5.53. The molecule has 0 atom stereocenters. The maximum Gasteiger partial charge on any atom is 0.343 e. The molecule has 142 valence electrons. The monoisotopic (exact) mass is 392 g/mol. The van der Waals surface area contributed by atoms with Crippen LogP contribution in [0.3, 0.4) is 0 Å². The molecule has 0 unspecified atom stereocenters. The van der Waals surface area contributed by atoms with Crippen LogP contribution in [0.1, 0.15) is 21.9 Å². The van der Waals surface area contributed by atoms with E-state index in [2.05, 4.69) is 15.2 Å². The van der Waals surface area contributed by atoms with E-state index in [1.54, 1.807) is 39.3 Å². The van der Waals surface area contributed by atoms with Gasteiger partial charge in [-0.3, -0.25) is 4.68 Å². The van der Waals surface area contributed by atoms with Crippen molar-refractivity contribution < 1.29 is 23.5 Å². The van der Waals surface area contributed by atoms with Crippen molar-refractivity contribution in [1.29, 1.82) is 0 Å². The summed E-state index contributed by atoms with van der Waals surface area (Å²) in [5, 5.41) is 8.17. The smallest absolute Gasteiger partial charge is 0.343 e. The lowest BCUT2D eigenvalue weighted by Crippen LogP contribution is -2.07. The van der Waals surface area contributed by atoms with Crippen molar-refractivity contribution in [3.63, 3.8) is 0 Å². The minimum atomic E-state index is -0.614. The van der Waals surface area contributed by atoms with Gasteiger partial charge in [-0.1, -0.05) is 16.8 Å². The third kappa shape index (κ3) is 3.72. The predicted octanol–water partition coefficient (Wildman–Crippen LogP) is 2.81. The third-order valence-electron chi connectivity index (χ3n) is 3.79. The molecule has 0 aliphatic rings. The number of hydrogen-bond donors (Lipinski definition) is 0. The summed E-state index contributed by atoms with van der Waals surface area (Å²) in [7, 11) is 4.72. The van der Waals surface area contributed by atoms with Crippen molar-refractivity contribution in [3.8, 4) is 22.9 Å². The van der Waals surface area contributed by atoms with Gasteiger partial charge in [0.25, 0.3) is 5.89 Å². The number of aromatic nitrogens is 4. The largest absolute Gasteiger partial charge is 0.493 e. The molecule has 3 rings (SSSR count). The first kappa shape index (κ1) is 18.7. The average Bonchev–Trinajstić information content (AvgIpc) is 3.23. The van der Waals surface area contributed by atoms with Crippen LogP contribution in [0.2, 0.25) is 5.15 Å². The first-order chi connectivity index (χ1) is 12.9. The Bertz CT molecular complexity index is 982. The summed E-state index contributed by atoms with van der Waals surface area (Å²) in [6, 6.07) is 5.22. The highest BCUT2D eigenvalue weighted by molar-refractivity contribution is 6.32. The number of halogens is 1. The van der Waals surface area contributed by atoms with Crippen molar-refractivity contribution in [3.05, 3.63) is 40.5 Å². The lowest BCUT2D eigenvalue weighted by atomic mass is 10.2. The fourth-order valence-corrected chi connectivity index (χ4v) is 2.72. The quantitative estimate of drug-likeness (QED) is 0.590. The van der Waals surface area contributed by atoms with Crippen molar-refractivity contribution in [2.75, 3.05) is 14.2 Å². The Labute approximate surface area is 159 Å². The van der Waals surface area contributed by atoms with Gasteiger partial charge in [-0.15, -0.1) is 0 Å². The molecule has 0 aliphatic heterocycles. The number of esters is 1. The topological polar surface area (TPSA) is 102 Å².